The molecule has 2 aliphatic heterocycles. The molecular formula is C30H37FN4O6. The first kappa shape index (κ1) is 29.9. The number of benzene rings is 2. The summed E-state index contributed by atoms with van der Waals surface area (Å²) < 4.78 is 30.8. The predicted octanol–water partition coefficient (Wildman–Crippen LogP) is 3.59. The molecule has 0 bridgehead atoms. The predicted molar refractivity (Wildman–Crippen MR) is 150 cm³/mol. The average Bonchev–Trinajstić information content (AvgIpc) is 3.22. The Morgan fingerprint density at radius 2 is 1.80 bits per heavy atom. The number of ether oxygens (including phenoxy) is 3. The molecule has 2 aliphatic rings. The lowest BCUT2D eigenvalue weighted by Crippen LogP contribution is -2.51. The van der Waals surface area contributed by atoms with E-state index in [0.717, 1.165) is 0 Å². The minimum absolute atomic E-state index is 0.0458. The van der Waals surface area contributed by atoms with Gasteiger partial charge in [-0.25, -0.2) is 14.0 Å². The second-order valence-corrected chi connectivity index (χ2v) is 9.72. The van der Waals surface area contributed by atoms with Crippen LogP contribution in [0.1, 0.15) is 42.2 Å². The van der Waals surface area contributed by atoms with Crippen LogP contribution in [0.3, 0.4) is 0 Å². The first-order valence-corrected chi connectivity index (χ1v) is 13.8. The third kappa shape index (κ3) is 6.45. The molecule has 2 aromatic rings. The van der Waals surface area contributed by atoms with Crippen molar-refractivity contribution >= 4 is 17.9 Å². The van der Waals surface area contributed by atoms with Gasteiger partial charge in [0, 0.05) is 50.5 Å². The number of esters is 1. The van der Waals surface area contributed by atoms with E-state index in [4.69, 9.17) is 14.2 Å². The van der Waals surface area contributed by atoms with Crippen molar-refractivity contribution in [3.63, 3.8) is 0 Å². The summed E-state index contributed by atoms with van der Waals surface area (Å²) >= 11 is 0. The topological polar surface area (TPSA) is 101 Å². The van der Waals surface area contributed by atoms with Gasteiger partial charge in [0.2, 0.25) is 0 Å². The Bertz CT molecular complexity index is 1320. The number of hydrogen-bond donors (Lipinski definition) is 1. The van der Waals surface area contributed by atoms with Crippen LogP contribution in [0.4, 0.5) is 9.18 Å². The van der Waals surface area contributed by atoms with E-state index in [1.165, 1.54) is 26.4 Å². The van der Waals surface area contributed by atoms with Crippen molar-refractivity contribution < 1.29 is 33.0 Å². The van der Waals surface area contributed by atoms with Crippen LogP contribution in [0.2, 0.25) is 0 Å². The van der Waals surface area contributed by atoms with Crippen LogP contribution in [-0.2, 0) is 9.53 Å². The molecule has 220 valence electrons. The molecule has 1 saturated heterocycles. The van der Waals surface area contributed by atoms with Gasteiger partial charge in [0.15, 0.2) is 0 Å². The number of halogens is 1. The molecule has 1 unspecified atom stereocenters. The van der Waals surface area contributed by atoms with E-state index in [2.05, 4.69) is 10.2 Å². The van der Waals surface area contributed by atoms with Gasteiger partial charge in [-0.15, -0.1) is 0 Å². The van der Waals surface area contributed by atoms with Gasteiger partial charge in [-0.1, -0.05) is 12.1 Å². The molecule has 11 heteroatoms. The summed E-state index contributed by atoms with van der Waals surface area (Å²) in [4.78, 5) is 45.2. The van der Waals surface area contributed by atoms with Gasteiger partial charge in [0.1, 0.15) is 17.3 Å². The molecule has 10 nitrogen and oxygen atoms in total. The number of amides is 3. The summed E-state index contributed by atoms with van der Waals surface area (Å²) in [5.74, 6) is -0.409. The molecule has 41 heavy (non-hydrogen) atoms. The van der Waals surface area contributed by atoms with Crippen LogP contribution in [0, 0.1) is 5.82 Å². The summed E-state index contributed by atoms with van der Waals surface area (Å²) in [6.45, 7) is 6.28. The van der Waals surface area contributed by atoms with Crippen molar-refractivity contribution in [2.24, 2.45) is 0 Å². The molecule has 0 aromatic heterocycles. The molecule has 0 aliphatic carbocycles. The average molecular weight is 569 g/mol. The van der Waals surface area contributed by atoms with Gasteiger partial charge in [-0.2, -0.15) is 0 Å². The normalized spacial score (nSPS) is 18.1. The maximum atomic E-state index is 14.3. The number of nitrogens with zero attached hydrogens (tertiary/aromatic N) is 3. The van der Waals surface area contributed by atoms with Gasteiger partial charge in [0.05, 0.1) is 38.0 Å². The molecule has 2 heterocycles. The highest BCUT2D eigenvalue weighted by atomic mass is 19.1. The Hall–Kier alpha value is -4.12. The van der Waals surface area contributed by atoms with Crippen molar-refractivity contribution in [3.8, 4) is 11.5 Å². The van der Waals surface area contributed by atoms with Crippen molar-refractivity contribution in [1.29, 1.82) is 0 Å². The summed E-state index contributed by atoms with van der Waals surface area (Å²) in [5, 5.41) is 2.96. The summed E-state index contributed by atoms with van der Waals surface area (Å²) in [6.07, 6.45) is 0.646. The molecule has 4 rings (SSSR count). The van der Waals surface area contributed by atoms with Crippen LogP contribution >= 0.6 is 0 Å². The first-order chi connectivity index (χ1) is 19.8. The minimum atomic E-state index is -0.837. The number of methoxy groups -OCH3 is 2. The highest BCUT2D eigenvalue weighted by Gasteiger charge is 2.40. The summed E-state index contributed by atoms with van der Waals surface area (Å²) in [5.41, 5.74) is 1.44. The Balaban J connectivity index is 1.69. The fraction of sp³-hybridized carbons (Fsp3) is 0.433. The van der Waals surface area contributed by atoms with E-state index in [9.17, 15) is 18.8 Å². The third-order valence-electron chi connectivity index (χ3n) is 7.35. The molecule has 0 radical (unpaired) electrons. The van der Waals surface area contributed by atoms with Gasteiger partial charge >= 0.3 is 12.0 Å². The van der Waals surface area contributed by atoms with Gasteiger partial charge in [-0.05, 0) is 50.6 Å². The monoisotopic (exact) mass is 568 g/mol. The van der Waals surface area contributed by atoms with Gasteiger partial charge in [0.25, 0.3) is 5.91 Å². The lowest BCUT2D eigenvalue weighted by molar-refractivity contribution is -0.139. The number of urea groups is 1. The second kappa shape index (κ2) is 13.5. The van der Waals surface area contributed by atoms with Crippen LogP contribution in [-0.4, -0.2) is 92.7 Å². The molecule has 1 atom stereocenters. The zero-order chi connectivity index (χ0) is 29.5. The van der Waals surface area contributed by atoms with Crippen molar-refractivity contribution in [3.05, 3.63) is 70.7 Å². The van der Waals surface area contributed by atoms with E-state index in [0.29, 0.717) is 67.5 Å². The Labute approximate surface area is 239 Å². The van der Waals surface area contributed by atoms with Crippen LogP contribution < -0.4 is 14.8 Å². The highest BCUT2D eigenvalue weighted by Crippen LogP contribution is 2.38. The Kier molecular flexibility index (Phi) is 9.82. The molecule has 2 aromatic carbocycles. The molecule has 3 amide bonds. The number of carbonyl (C=O) groups is 3. The maximum Gasteiger partial charge on any atom is 0.338 e. The van der Waals surface area contributed by atoms with E-state index in [1.807, 2.05) is 6.92 Å². The highest BCUT2D eigenvalue weighted by molar-refractivity contribution is 5.96. The van der Waals surface area contributed by atoms with Gasteiger partial charge < -0.3 is 24.4 Å². The largest absolute Gasteiger partial charge is 0.497 e. The quantitative estimate of drug-likeness (QED) is 0.462. The molecular weight excluding hydrogens is 531 g/mol. The molecule has 0 spiro atoms. The molecule has 1 fully saturated rings. The summed E-state index contributed by atoms with van der Waals surface area (Å²) in [6, 6.07) is 9.99. The lowest BCUT2D eigenvalue weighted by atomic mass is 9.93. The van der Waals surface area contributed by atoms with Crippen LogP contribution in [0.15, 0.2) is 53.7 Å². The zero-order valence-electron chi connectivity index (χ0n) is 23.9. The number of hydrogen-bond acceptors (Lipinski definition) is 7. The fourth-order valence-electron chi connectivity index (χ4n) is 5.30. The second-order valence-electron chi connectivity index (χ2n) is 9.72. The SMILES string of the molecule is CCOC(=O)C1=C(CN2CCCN(C(=O)c3ccccc3F)CC2)N(CC)C(=O)NC1c1cc(OC)ccc1OC. The summed E-state index contributed by atoms with van der Waals surface area (Å²) in [7, 11) is 3.06. The standard InChI is InChI=1S/C30H37FN4O6/c1-5-35-24(19-33-14-9-15-34(17-16-33)28(36)21-10-7-8-11-23(21)31)26(29(37)41-6-2)27(32-30(35)38)22-18-20(39-3)12-13-25(22)40-4/h7-8,10-13,18,27H,5-6,9,14-17,19H2,1-4H3,(H,32,38). The lowest BCUT2D eigenvalue weighted by Gasteiger charge is -2.38. The Morgan fingerprint density at radius 3 is 2.49 bits per heavy atom. The Morgan fingerprint density at radius 1 is 1.02 bits per heavy atom. The van der Waals surface area contributed by atoms with E-state index >= 15 is 0 Å². The number of carbonyl (C=O) groups excluding carboxylic acids is 3. The molecule has 1 N–H and O–H groups in total. The first-order valence-electron chi connectivity index (χ1n) is 13.8. The van der Waals surface area contributed by atoms with E-state index in [1.54, 1.807) is 47.1 Å². The van der Waals surface area contributed by atoms with Crippen molar-refractivity contribution in [1.82, 2.24) is 20.0 Å². The van der Waals surface area contributed by atoms with Gasteiger partial charge in [-0.3, -0.25) is 14.6 Å². The number of rotatable bonds is 9. The van der Waals surface area contributed by atoms with Crippen LogP contribution in [0.25, 0.3) is 0 Å². The number of nitrogens with one attached hydrogen (secondary N) is 1. The number of likely N-dealkylation sites (N-methyl/N-ethyl adjacent to an activating group) is 1. The van der Waals surface area contributed by atoms with Crippen molar-refractivity contribution in [2.75, 3.05) is 60.1 Å². The maximum absolute atomic E-state index is 14.3. The van der Waals surface area contributed by atoms with Crippen LogP contribution in [0.5, 0.6) is 11.5 Å². The van der Waals surface area contributed by atoms with E-state index < -0.39 is 17.8 Å². The third-order valence-corrected chi connectivity index (χ3v) is 7.35. The minimum Gasteiger partial charge on any atom is -0.497 e. The molecule has 0 saturated carbocycles. The van der Waals surface area contributed by atoms with Crippen molar-refractivity contribution in [2.45, 2.75) is 26.3 Å². The van der Waals surface area contributed by atoms with E-state index in [-0.39, 0.29) is 30.7 Å². The zero-order valence-corrected chi connectivity index (χ0v) is 23.9. The fourth-order valence-corrected chi connectivity index (χ4v) is 5.30. The smallest absolute Gasteiger partial charge is 0.338 e.